The highest BCUT2D eigenvalue weighted by Gasteiger charge is 1.98. The maximum absolute atomic E-state index is 4.02. The summed E-state index contributed by atoms with van der Waals surface area (Å²) >= 11 is 0. The van der Waals surface area contributed by atoms with Crippen LogP contribution in [0.15, 0.2) is 6.07 Å². The molecule has 0 saturated carbocycles. The van der Waals surface area contributed by atoms with Gasteiger partial charge >= 0.3 is 0 Å². The summed E-state index contributed by atoms with van der Waals surface area (Å²) in [4.78, 5) is 0. The van der Waals surface area contributed by atoms with Crippen molar-refractivity contribution >= 4 is 5.82 Å². The van der Waals surface area contributed by atoms with Crippen molar-refractivity contribution in [1.29, 1.82) is 0 Å². The minimum absolute atomic E-state index is 0.863. The van der Waals surface area contributed by atoms with E-state index in [-0.39, 0.29) is 0 Å². The molecule has 0 aliphatic rings. The first-order valence-corrected chi connectivity index (χ1v) is 3.79. The lowest BCUT2D eigenvalue weighted by Crippen LogP contribution is -2.00. The highest BCUT2D eigenvalue weighted by molar-refractivity contribution is 5.41. The summed E-state index contributed by atoms with van der Waals surface area (Å²) in [6.45, 7) is 4.10. The monoisotopic (exact) mass is 151 g/mol. The molecule has 3 nitrogen and oxygen atoms in total. The lowest BCUT2D eigenvalue weighted by molar-refractivity contribution is 0.912. The van der Waals surface area contributed by atoms with Gasteiger partial charge in [0, 0.05) is 7.05 Å². The molecule has 60 valence electrons. The molecule has 1 rings (SSSR count). The van der Waals surface area contributed by atoms with Crippen molar-refractivity contribution in [2.24, 2.45) is 0 Å². The summed E-state index contributed by atoms with van der Waals surface area (Å²) in [5, 5.41) is 11.0. The summed E-state index contributed by atoms with van der Waals surface area (Å²) in [7, 11) is 1.85. The quantitative estimate of drug-likeness (QED) is 0.694. The van der Waals surface area contributed by atoms with Crippen LogP contribution < -0.4 is 5.32 Å². The minimum atomic E-state index is 0.863. The molecule has 0 amide bonds. The van der Waals surface area contributed by atoms with Gasteiger partial charge in [-0.2, -0.15) is 5.10 Å². The second kappa shape index (κ2) is 3.32. The summed E-state index contributed by atoms with van der Waals surface area (Å²) < 4.78 is 0. The van der Waals surface area contributed by atoms with Crippen molar-refractivity contribution in [2.75, 3.05) is 12.4 Å². The number of nitrogens with zero attached hydrogens (tertiary/aromatic N) is 2. The van der Waals surface area contributed by atoms with Crippen LogP contribution in [0.1, 0.15) is 18.2 Å². The highest BCUT2D eigenvalue weighted by atomic mass is 15.2. The predicted molar refractivity (Wildman–Crippen MR) is 45.7 cm³/mol. The van der Waals surface area contributed by atoms with Crippen molar-refractivity contribution in [3.05, 3.63) is 17.3 Å². The van der Waals surface area contributed by atoms with Gasteiger partial charge in [0.1, 0.15) is 0 Å². The SMILES string of the molecule is CCc1cc(C)c(NC)nn1. The van der Waals surface area contributed by atoms with E-state index < -0.39 is 0 Å². The van der Waals surface area contributed by atoms with Crippen LogP contribution in [0.4, 0.5) is 5.82 Å². The van der Waals surface area contributed by atoms with Crippen molar-refractivity contribution < 1.29 is 0 Å². The number of aromatic nitrogens is 2. The molecule has 1 aromatic rings. The Hall–Kier alpha value is -1.12. The molecule has 3 heteroatoms. The summed E-state index contributed by atoms with van der Waals surface area (Å²) in [6.07, 6.45) is 0.942. The third-order valence-corrected chi connectivity index (χ3v) is 1.63. The Morgan fingerprint density at radius 2 is 2.18 bits per heavy atom. The van der Waals surface area contributed by atoms with Gasteiger partial charge in [-0.3, -0.25) is 0 Å². The van der Waals surface area contributed by atoms with Crippen LogP contribution in [0.25, 0.3) is 0 Å². The van der Waals surface area contributed by atoms with Gasteiger partial charge in [0.05, 0.1) is 5.69 Å². The maximum atomic E-state index is 4.02. The topological polar surface area (TPSA) is 37.8 Å². The van der Waals surface area contributed by atoms with Gasteiger partial charge in [-0.05, 0) is 25.0 Å². The highest BCUT2D eigenvalue weighted by Crippen LogP contribution is 2.09. The van der Waals surface area contributed by atoms with Crippen LogP contribution in [0.2, 0.25) is 0 Å². The maximum Gasteiger partial charge on any atom is 0.151 e. The Morgan fingerprint density at radius 3 is 2.64 bits per heavy atom. The molecule has 0 aromatic carbocycles. The number of nitrogens with one attached hydrogen (secondary N) is 1. The zero-order valence-electron chi connectivity index (χ0n) is 7.18. The van der Waals surface area contributed by atoms with E-state index in [0.29, 0.717) is 0 Å². The first kappa shape index (κ1) is 7.98. The average Bonchev–Trinajstić information content (AvgIpc) is 2.04. The zero-order valence-corrected chi connectivity index (χ0v) is 7.18. The van der Waals surface area contributed by atoms with Crippen molar-refractivity contribution in [3.8, 4) is 0 Å². The fourth-order valence-electron chi connectivity index (χ4n) is 0.960. The number of rotatable bonds is 2. The second-order valence-corrected chi connectivity index (χ2v) is 2.47. The van der Waals surface area contributed by atoms with E-state index >= 15 is 0 Å². The third kappa shape index (κ3) is 1.67. The first-order valence-electron chi connectivity index (χ1n) is 3.79. The summed E-state index contributed by atoms with van der Waals surface area (Å²) in [5.74, 6) is 0.863. The van der Waals surface area contributed by atoms with Crippen LogP contribution in [0.3, 0.4) is 0 Å². The molecule has 1 heterocycles. The van der Waals surface area contributed by atoms with Crippen LogP contribution in [0.5, 0.6) is 0 Å². The van der Waals surface area contributed by atoms with Gasteiger partial charge in [0.15, 0.2) is 5.82 Å². The first-order chi connectivity index (χ1) is 5.27. The standard InChI is InChI=1S/C8H13N3/c1-4-7-5-6(2)8(9-3)11-10-7/h5H,4H2,1-3H3,(H,9,11). The van der Waals surface area contributed by atoms with Crippen LogP contribution in [-0.4, -0.2) is 17.2 Å². The lowest BCUT2D eigenvalue weighted by Gasteiger charge is -2.02. The van der Waals surface area contributed by atoms with Crippen molar-refractivity contribution in [3.63, 3.8) is 0 Å². The lowest BCUT2D eigenvalue weighted by atomic mass is 10.2. The van der Waals surface area contributed by atoms with Gasteiger partial charge < -0.3 is 5.32 Å². The van der Waals surface area contributed by atoms with E-state index in [1.165, 1.54) is 0 Å². The van der Waals surface area contributed by atoms with Crippen molar-refractivity contribution in [2.45, 2.75) is 20.3 Å². The van der Waals surface area contributed by atoms with E-state index in [0.717, 1.165) is 23.5 Å². The Kier molecular flexibility index (Phi) is 2.41. The molecule has 0 radical (unpaired) electrons. The molecule has 0 bridgehead atoms. The summed E-state index contributed by atoms with van der Waals surface area (Å²) in [5.41, 5.74) is 2.20. The number of hydrogen-bond acceptors (Lipinski definition) is 3. The number of anilines is 1. The van der Waals surface area contributed by atoms with Gasteiger partial charge in [-0.1, -0.05) is 6.92 Å². The molecule has 11 heavy (non-hydrogen) atoms. The van der Waals surface area contributed by atoms with Gasteiger partial charge in [0.2, 0.25) is 0 Å². The smallest absolute Gasteiger partial charge is 0.151 e. The molecule has 1 aromatic heterocycles. The predicted octanol–water partition coefficient (Wildman–Crippen LogP) is 1.39. The Morgan fingerprint density at radius 1 is 1.45 bits per heavy atom. The van der Waals surface area contributed by atoms with E-state index in [1.807, 2.05) is 14.0 Å². The fourth-order valence-corrected chi connectivity index (χ4v) is 0.960. The average molecular weight is 151 g/mol. The molecular formula is C8H13N3. The van der Waals surface area contributed by atoms with Gasteiger partial charge in [-0.25, -0.2) is 0 Å². The Labute approximate surface area is 66.8 Å². The zero-order chi connectivity index (χ0) is 8.27. The van der Waals surface area contributed by atoms with E-state index in [2.05, 4.69) is 28.5 Å². The second-order valence-electron chi connectivity index (χ2n) is 2.47. The molecule has 0 atom stereocenters. The van der Waals surface area contributed by atoms with Crippen LogP contribution >= 0.6 is 0 Å². The number of aryl methyl sites for hydroxylation is 2. The van der Waals surface area contributed by atoms with Gasteiger partial charge in [-0.15, -0.1) is 5.10 Å². The molecule has 0 aliphatic heterocycles. The van der Waals surface area contributed by atoms with E-state index in [9.17, 15) is 0 Å². The molecular weight excluding hydrogens is 138 g/mol. The third-order valence-electron chi connectivity index (χ3n) is 1.63. The van der Waals surface area contributed by atoms with E-state index in [1.54, 1.807) is 0 Å². The van der Waals surface area contributed by atoms with Gasteiger partial charge in [0.25, 0.3) is 0 Å². The molecule has 0 spiro atoms. The normalized spacial score (nSPS) is 9.73. The minimum Gasteiger partial charge on any atom is -0.371 e. The fraction of sp³-hybridized carbons (Fsp3) is 0.500. The molecule has 0 unspecified atom stereocenters. The molecule has 0 fully saturated rings. The Bertz CT molecular complexity index is 245. The number of hydrogen-bond donors (Lipinski definition) is 1. The van der Waals surface area contributed by atoms with Crippen LogP contribution in [-0.2, 0) is 6.42 Å². The molecule has 1 N–H and O–H groups in total. The van der Waals surface area contributed by atoms with Crippen LogP contribution in [0, 0.1) is 6.92 Å². The largest absolute Gasteiger partial charge is 0.371 e. The Balaban J connectivity index is 2.99. The molecule has 0 aliphatic carbocycles. The van der Waals surface area contributed by atoms with Crippen molar-refractivity contribution in [1.82, 2.24) is 10.2 Å². The van der Waals surface area contributed by atoms with E-state index in [4.69, 9.17) is 0 Å². The molecule has 0 saturated heterocycles. The summed E-state index contributed by atoms with van der Waals surface area (Å²) in [6, 6.07) is 2.05.